The Hall–Kier alpha value is -2.05. The highest BCUT2D eigenvalue weighted by Crippen LogP contribution is 2.26. The van der Waals surface area contributed by atoms with Gasteiger partial charge in [0.2, 0.25) is 0 Å². The van der Waals surface area contributed by atoms with Gasteiger partial charge in [0.05, 0.1) is 11.6 Å². The van der Waals surface area contributed by atoms with Crippen molar-refractivity contribution < 1.29 is 4.39 Å². The summed E-state index contributed by atoms with van der Waals surface area (Å²) in [6.07, 6.45) is 1.94. The topological polar surface area (TPSA) is 35.8 Å². The molecule has 0 aliphatic rings. The Morgan fingerprint density at radius 3 is 2.57 bits per heavy atom. The zero-order chi connectivity index (χ0) is 15.2. The molecule has 2 aromatic rings. The third-order valence-corrected chi connectivity index (χ3v) is 3.53. The molecule has 1 unspecified atom stereocenters. The van der Waals surface area contributed by atoms with E-state index in [0.29, 0.717) is 5.02 Å². The van der Waals surface area contributed by atoms with Gasteiger partial charge in [-0.2, -0.15) is 5.26 Å². The van der Waals surface area contributed by atoms with Crippen molar-refractivity contribution in [1.82, 2.24) is 0 Å². The third kappa shape index (κ3) is 3.96. The molecule has 0 aliphatic heterocycles. The van der Waals surface area contributed by atoms with Crippen LogP contribution in [0.3, 0.4) is 0 Å². The molecular formula is C17H16ClFN2. The highest BCUT2D eigenvalue weighted by Gasteiger charge is 2.11. The summed E-state index contributed by atoms with van der Waals surface area (Å²) in [5.41, 5.74) is 1.90. The minimum Gasteiger partial charge on any atom is -0.378 e. The van der Waals surface area contributed by atoms with Crippen LogP contribution >= 0.6 is 11.6 Å². The minimum atomic E-state index is -0.499. The molecule has 0 aliphatic carbocycles. The number of anilines is 1. The van der Waals surface area contributed by atoms with Gasteiger partial charge in [0.15, 0.2) is 0 Å². The highest BCUT2D eigenvalue weighted by molar-refractivity contribution is 6.30. The van der Waals surface area contributed by atoms with Crippen LogP contribution < -0.4 is 5.32 Å². The van der Waals surface area contributed by atoms with Crippen molar-refractivity contribution in [2.75, 3.05) is 5.32 Å². The van der Waals surface area contributed by atoms with Crippen molar-refractivity contribution in [3.05, 3.63) is 64.4 Å². The number of hydrogen-bond acceptors (Lipinski definition) is 2. The zero-order valence-electron chi connectivity index (χ0n) is 11.7. The molecule has 0 heterocycles. The summed E-state index contributed by atoms with van der Waals surface area (Å²) >= 11 is 5.91. The van der Waals surface area contributed by atoms with Gasteiger partial charge >= 0.3 is 0 Å². The average Bonchev–Trinajstić information content (AvgIpc) is 2.49. The quantitative estimate of drug-likeness (QED) is 0.813. The maximum Gasteiger partial charge on any atom is 0.141 e. The van der Waals surface area contributed by atoms with E-state index in [0.717, 1.165) is 24.1 Å². The van der Waals surface area contributed by atoms with Gasteiger partial charge in [0.25, 0.3) is 0 Å². The van der Waals surface area contributed by atoms with Gasteiger partial charge in [-0.05, 0) is 42.3 Å². The maximum absolute atomic E-state index is 13.4. The molecule has 4 heteroatoms. The standard InChI is InChI=1S/C17H16ClFN2/c1-2-3-17(12-4-6-14(18)7-5-12)21-15-8-9-16(19)13(10-15)11-20/h4-10,17,21H,2-3H2,1H3. The summed E-state index contributed by atoms with van der Waals surface area (Å²) in [7, 11) is 0. The highest BCUT2D eigenvalue weighted by atomic mass is 35.5. The van der Waals surface area contributed by atoms with Gasteiger partial charge in [-0.25, -0.2) is 4.39 Å². The molecule has 0 radical (unpaired) electrons. The number of nitrogens with zero attached hydrogens (tertiary/aromatic N) is 1. The van der Waals surface area contributed by atoms with E-state index in [9.17, 15) is 4.39 Å². The fraction of sp³-hybridized carbons (Fsp3) is 0.235. The lowest BCUT2D eigenvalue weighted by Crippen LogP contribution is -2.10. The number of nitriles is 1. The van der Waals surface area contributed by atoms with Gasteiger partial charge in [-0.15, -0.1) is 0 Å². The molecule has 0 aromatic heterocycles. The molecule has 0 fully saturated rings. The van der Waals surface area contributed by atoms with E-state index in [1.54, 1.807) is 6.07 Å². The van der Waals surface area contributed by atoms with Crippen LogP contribution in [0, 0.1) is 17.1 Å². The summed E-state index contributed by atoms with van der Waals surface area (Å²) in [6.45, 7) is 2.11. The predicted molar refractivity (Wildman–Crippen MR) is 83.8 cm³/mol. The molecule has 2 aromatic carbocycles. The molecule has 0 spiro atoms. The van der Waals surface area contributed by atoms with Crippen molar-refractivity contribution in [2.45, 2.75) is 25.8 Å². The van der Waals surface area contributed by atoms with Crippen LogP contribution in [0.5, 0.6) is 0 Å². The molecule has 0 saturated heterocycles. The smallest absolute Gasteiger partial charge is 0.141 e. The van der Waals surface area contributed by atoms with Crippen molar-refractivity contribution in [2.24, 2.45) is 0 Å². The lowest BCUT2D eigenvalue weighted by Gasteiger charge is -2.20. The van der Waals surface area contributed by atoms with Gasteiger partial charge in [0, 0.05) is 10.7 Å². The first-order chi connectivity index (χ1) is 10.1. The molecule has 108 valence electrons. The second-order valence-corrected chi connectivity index (χ2v) is 5.28. The second kappa shape index (κ2) is 7.10. The molecule has 0 saturated carbocycles. The van der Waals surface area contributed by atoms with E-state index in [-0.39, 0.29) is 11.6 Å². The predicted octanol–water partition coefficient (Wildman–Crippen LogP) is 5.30. The van der Waals surface area contributed by atoms with Crippen molar-refractivity contribution >= 4 is 17.3 Å². The normalized spacial score (nSPS) is 11.7. The largest absolute Gasteiger partial charge is 0.378 e. The first-order valence-corrected chi connectivity index (χ1v) is 7.23. The van der Waals surface area contributed by atoms with Crippen LogP contribution in [0.2, 0.25) is 5.02 Å². The average molecular weight is 303 g/mol. The monoisotopic (exact) mass is 302 g/mol. The fourth-order valence-corrected chi connectivity index (χ4v) is 2.33. The van der Waals surface area contributed by atoms with E-state index in [2.05, 4.69) is 12.2 Å². The number of halogens is 2. The number of nitrogens with one attached hydrogen (secondary N) is 1. The van der Waals surface area contributed by atoms with Gasteiger partial charge in [0.1, 0.15) is 11.9 Å². The van der Waals surface area contributed by atoms with Gasteiger partial charge in [-0.3, -0.25) is 0 Å². The van der Waals surface area contributed by atoms with E-state index < -0.39 is 5.82 Å². The van der Waals surface area contributed by atoms with Crippen LogP contribution in [-0.2, 0) is 0 Å². The summed E-state index contributed by atoms with van der Waals surface area (Å²) in [6, 6.07) is 14.1. The lowest BCUT2D eigenvalue weighted by molar-refractivity contribution is 0.623. The van der Waals surface area contributed by atoms with Crippen LogP contribution in [0.15, 0.2) is 42.5 Å². The second-order valence-electron chi connectivity index (χ2n) is 4.84. The van der Waals surface area contributed by atoms with E-state index >= 15 is 0 Å². The summed E-state index contributed by atoms with van der Waals surface area (Å²) in [5, 5.41) is 12.9. The molecule has 2 rings (SSSR count). The van der Waals surface area contributed by atoms with E-state index in [4.69, 9.17) is 16.9 Å². The fourth-order valence-electron chi connectivity index (χ4n) is 2.21. The maximum atomic E-state index is 13.4. The first-order valence-electron chi connectivity index (χ1n) is 6.85. The SMILES string of the molecule is CCCC(Nc1ccc(F)c(C#N)c1)c1ccc(Cl)cc1. The summed E-state index contributed by atoms with van der Waals surface area (Å²) < 4.78 is 13.4. The molecule has 0 amide bonds. The summed E-state index contributed by atoms with van der Waals surface area (Å²) in [5.74, 6) is -0.499. The molecule has 1 N–H and O–H groups in total. The van der Waals surface area contributed by atoms with Gasteiger partial charge in [-0.1, -0.05) is 37.1 Å². The van der Waals surface area contributed by atoms with Crippen LogP contribution in [-0.4, -0.2) is 0 Å². The molecule has 1 atom stereocenters. The number of benzene rings is 2. The van der Waals surface area contributed by atoms with Crippen molar-refractivity contribution in [3.8, 4) is 6.07 Å². The lowest BCUT2D eigenvalue weighted by atomic mass is 10.0. The van der Waals surface area contributed by atoms with Crippen molar-refractivity contribution in [1.29, 1.82) is 5.26 Å². The van der Waals surface area contributed by atoms with Crippen LogP contribution in [0.1, 0.15) is 36.9 Å². The Labute approximate surface area is 129 Å². The first kappa shape index (κ1) is 15.3. The third-order valence-electron chi connectivity index (χ3n) is 3.28. The van der Waals surface area contributed by atoms with E-state index in [1.807, 2.05) is 30.3 Å². The molecule has 2 nitrogen and oxygen atoms in total. The number of hydrogen-bond donors (Lipinski definition) is 1. The number of rotatable bonds is 5. The Morgan fingerprint density at radius 2 is 1.95 bits per heavy atom. The Balaban J connectivity index is 2.24. The Morgan fingerprint density at radius 1 is 1.24 bits per heavy atom. The summed E-state index contributed by atoms with van der Waals surface area (Å²) in [4.78, 5) is 0. The minimum absolute atomic E-state index is 0.0476. The molecule has 21 heavy (non-hydrogen) atoms. The Kier molecular flexibility index (Phi) is 5.19. The van der Waals surface area contributed by atoms with Crippen LogP contribution in [0.25, 0.3) is 0 Å². The van der Waals surface area contributed by atoms with Crippen molar-refractivity contribution in [3.63, 3.8) is 0 Å². The van der Waals surface area contributed by atoms with E-state index in [1.165, 1.54) is 12.1 Å². The molecular weight excluding hydrogens is 287 g/mol. The Bertz CT molecular complexity index is 647. The molecule has 0 bridgehead atoms. The van der Waals surface area contributed by atoms with Gasteiger partial charge < -0.3 is 5.32 Å². The zero-order valence-corrected chi connectivity index (χ0v) is 12.5. The van der Waals surface area contributed by atoms with Crippen LogP contribution in [0.4, 0.5) is 10.1 Å².